The van der Waals surface area contributed by atoms with Crippen LogP contribution in [0.2, 0.25) is 0 Å². The molecule has 4 nitrogen and oxygen atoms in total. The Morgan fingerprint density at radius 2 is 1.93 bits per heavy atom. The number of alkyl halides is 3. The zero-order valence-corrected chi connectivity index (χ0v) is 11.5. The van der Waals surface area contributed by atoms with E-state index in [1.54, 1.807) is 6.92 Å². The molecule has 0 aliphatic rings. The van der Waals surface area contributed by atoms with Gasteiger partial charge in [0.15, 0.2) is 5.01 Å². The van der Waals surface area contributed by atoms with Crippen LogP contribution in [0.3, 0.4) is 0 Å². The van der Waals surface area contributed by atoms with Gasteiger partial charge in [-0.15, -0.1) is 10.2 Å². The van der Waals surface area contributed by atoms with E-state index in [0.717, 1.165) is 11.3 Å². The van der Waals surface area contributed by atoms with Gasteiger partial charge in [-0.3, -0.25) is 0 Å². The van der Waals surface area contributed by atoms with E-state index < -0.39 is 13.6 Å². The Morgan fingerprint density at radius 3 is 2.33 bits per heavy atom. The lowest BCUT2D eigenvalue weighted by Crippen LogP contribution is -2.05. The van der Waals surface area contributed by atoms with Crippen molar-refractivity contribution in [2.45, 2.75) is 21.5 Å². The molecule has 0 spiro atoms. The lowest BCUT2D eigenvalue weighted by molar-refractivity contribution is 0.592. The largest absolute Gasteiger partial charge is 0.243 e. The molecule has 0 radical (unpaired) electrons. The van der Waals surface area contributed by atoms with Gasteiger partial charge in [0.1, 0.15) is 0 Å². The van der Waals surface area contributed by atoms with E-state index >= 15 is 0 Å². The predicted octanol–water partition coefficient (Wildman–Crippen LogP) is 2.55. The molecule has 0 atom stereocenters. The Morgan fingerprint density at radius 1 is 1.33 bits per heavy atom. The van der Waals surface area contributed by atoms with Crippen molar-refractivity contribution >= 4 is 56.0 Å². The van der Waals surface area contributed by atoms with Gasteiger partial charge in [0.25, 0.3) is 0 Å². The summed E-state index contributed by atoms with van der Waals surface area (Å²) in [5.41, 5.74) is 0. The third kappa shape index (κ3) is 3.42. The van der Waals surface area contributed by atoms with E-state index in [1.165, 1.54) is 0 Å². The molecule has 1 heterocycles. The van der Waals surface area contributed by atoms with Crippen molar-refractivity contribution in [3.63, 3.8) is 0 Å². The Kier molecular flexibility index (Phi) is 4.22. The normalized spacial score (nSPS) is 13.1. The SMILES string of the molecule is CCCS(=O)(=O)c1nnc(C(Cl)(Cl)Cl)s1. The lowest BCUT2D eigenvalue weighted by Gasteiger charge is -2.03. The standard InChI is InChI=1S/C6H7Cl3N2O2S2/c1-2-3-15(12,13)5-11-10-4(14-5)6(7,8)9/h2-3H2,1H3. The van der Waals surface area contributed by atoms with E-state index in [4.69, 9.17) is 34.8 Å². The van der Waals surface area contributed by atoms with Crippen LogP contribution in [-0.2, 0) is 13.6 Å². The first-order valence-electron chi connectivity index (χ1n) is 3.91. The van der Waals surface area contributed by atoms with Crippen molar-refractivity contribution in [3.8, 4) is 0 Å². The summed E-state index contributed by atoms with van der Waals surface area (Å²) in [5, 5.41) is 7.09. The minimum atomic E-state index is -3.38. The van der Waals surface area contributed by atoms with Crippen LogP contribution in [0.15, 0.2) is 4.34 Å². The summed E-state index contributed by atoms with van der Waals surface area (Å²) in [6, 6.07) is 0. The maximum absolute atomic E-state index is 11.6. The molecule has 0 bridgehead atoms. The highest BCUT2D eigenvalue weighted by atomic mass is 35.6. The molecular weight excluding hydrogens is 303 g/mol. The minimum Gasteiger partial charge on any atom is -0.221 e. The van der Waals surface area contributed by atoms with Gasteiger partial charge in [0, 0.05) is 0 Å². The number of nitrogens with zero attached hydrogens (tertiary/aromatic N) is 2. The molecule has 1 aromatic heterocycles. The topological polar surface area (TPSA) is 59.9 Å². The molecule has 0 fully saturated rings. The first kappa shape index (κ1) is 13.4. The van der Waals surface area contributed by atoms with Gasteiger partial charge in [-0.05, 0) is 6.42 Å². The lowest BCUT2D eigenvalue weighted by atomic mass is 10.6. The van der Waals surface area contributed by atoms with Crippen LogP contribution in [0, 0.1) is 0 Å². The second-order valence-corrected chi connectivity index (χ2v) is 8.23. The summed E-state index contributed by atoms with van der Waals surface area (Å²) in [5.74, 6) is 0.0154. The van der Waals surface area contributed by atoms with E-state index in [1.807, 2.05) is 0 Å². The van der Waals surface area contributed by atoms with Crippen LogP contribution >= 0.6 is 46.1 Å². The fourth-order valence-corrected chi connectivity index (χ4v) is 3.58. The highest BCUT2D eigenvalue weighted by molar-refractivity contribution is 7.93. The molecule has 1 rings (SSSR count). The first-order chi connectivity index (χ1) is 6.77. The number of hydrogen-bond acceptors (Lipinski definition) is 5. The Balaban J connectivity index is 3.05. The molecular formula is C6H7Cl3N2O2S2. The monoisotopic (exact) mass is 308 g/mol. The summed E-state index contributed by atoms with van der Waals surface area (Å²) in [7, 11) is -3.38. The molecule has 0 N–H and O–H groups in total. The van der Waals surface area contributed by atoms with Crippen molar-refractivity contribution in [1.82, 2.24) is 10.2 Å². The maximum atomic E-state index is 11.6. The summed E-state index contributed by atoms with van der Waals surface area (Å²) < 4.78 is 21.3. The van der Waals surface area contributed by atoms with Crippen molar-refractivity contribution in [2.75, 3.05) is 5.75 Å². The van der Waals surface area contributed by atoms with Gasteiger partial charge in [0.05, 0.1) is 5.75 Å². The molecule has 1 aromatic rings. The summed E-state index contributed by atoms with van der Waals surface area (Å²) >= 11 is 17.4. The summed E-state index contributed by atoms with van der Waals surface area (Å²) in [6.07, 6.45) is 0.505. The average molecular weight is 310 g/mol. The highest BCUT2D eigenvalue weighted by Crippen LogP contribution is 2.40. The minimum absolute atomic E-state index is 0.0154. The van der Waals surface area contributed by atoms with Gasteiger partial charge in [-0.2, -0.15) is 0 Å². The van der Waals surface area contributed by atoms with Crippen molar-refractivity contribution in [3.05, 3.63) is 5.01 Å². The number of rotatable bonds is 3. The van der Waals surface area contributed by atoms with Crippen LogP contribution in [-0.4, -0.2) is 24.4 Å². The third-order valence-corrected chi connectivity index (χ3v) is 5.67. The predicted molar refractivity (Wildman–Crippen MR) is 61.5 cm³/mol. The molecule has 0 saturated carbocycles. The molecule has 9 heteroatoms. The van der Waals surface area contributed by atoms with Crippen LogP contribution in [0.1, 0.15) is 18.4 Å². The second kappa shape index (κ2) is 4.71. The maximum Gasteiger partial charge on any atom is 0.243 e. The number of hydrogen-bond donors (Lipinski definition) is 0. The average Bonchev–Trinajstić information content (AvgIpc) is 2.50. The first-order valence-corrected chi connectivity index (χ1v) is 7.51. The Hall–Kier alpha value is 0.380. The molecule has 0 amide bonds. The van der Waals surface area contributed by atoms with Crippen molar-refractivity contribution < 1.29 is 8.42 Å². The van der Waals surface area contributed by atoms with Crippen molar-refractivity contribution in [2.24, 2.45) is 0 Å². The van der Waals surface area contributed by atoms with E-state index in [-0.39, 0.29) is 15.1 Å². The quantitative estimate of drug-likeness (QED) is 0.805. The molecule has 0 aromatic carbocycles. The Bertz CT molecular complexity index is 437. The van der Waals surface area contributed by atoms with E-state index in [9.17, 15) is 8.42 Å². The van der Waals surface area contributed by atoms with E-state index in [0.29, 0.717) is 6.42 Å². The zero-order chi connectivity index (χ0) is 11.7. The highest BCUT2D eigenvalue weighted by Gasteiger charge is 2.30. The fraction of sp³-hybridized carbons (Fsp3) is 0.667. The second-order valence-electron chi connectivity index (χ2n) is 2.69. The molecule has 0 aliphatic carbocycles. The van der Waals surface area contributed by atoms with Gasteiger partial charge >= 0.3 is 0 Å². The van der Waals surface area contributed by atoms with E-state index in [2.05, 4.69) is 10.2 Å². The third-order valence-electron chi connectivity index (χ3n) is 1.39. The van der Waals surface area contributed by atoms with Crippen LogP contribution in [0.4, 0.5) is 0 Å². The number of halogens is 3. The van der Waals surface area contributed by atoms with Gasteiger partial charge in [-0.25, -0.2) is 8.42 Å². The van der Waals surface area contributed by atoms with Gasteiger partial charge < -0.3 is 0 Å². The molecule has 15 heavy (non-hydrogen) atoms. The van der Waals surface area contributed by atoms with Crippen LogP contribution < -0.4 is 0 Å². The Labute approximate surface area is 106 Å². The zero-order valence-electron chi connectivity index (χ0n) is 7.58. The summed E-state index contributed by atoms with van der Waals surface area (Å²) in [4.78, 5) is 0. The molecule has 0 unspecified atom stereocenters. The molecule has 0 saturated heterocycles. The summed E-state index contributed by atoms with van der Waals surface area (Å²) in [6.45, 7) is 1.76. The van der Waals surface area contributed by atoms with Crippen LogP contribution in [0.5, 0.6) is 0 Å². The van der Waals surface area contributed by atoms with Gasteiger partial charge in [0.2, 0.25) is 18.0 Å². The molecule has 86 valence electrons. The van der Waals surface area contributed by atoms with Crippen LogP contribution in [0.25, 0.3) is 0 Å². The smallest absolute Gasteiger partial charge is 0.221 e. The number of aromatic nitrogens is 2. The fourth-order valence-electron chi connectivity index (χ4n) is 0.806. The number of sulfone groups is 1. The molecule has 0 aliphatic heterocycles. The van der Waals surface area contributed by atoms with Gasteiger partial charge in [-0.1, -0.05) is 53.1 Å². The van der Waals surface area contributed by atoms with Crippen molar-refractivity contribution in [1.29, 1.82) is 0 Å².